The van der Waals surface area contributed by atoms with Crippen molar-refractivity contribution in [2.75, 3.05) is 20.3 Å². The van der Waals surface area contributed by atoms with Crippen molar-refractivity contribution in [1.29, 1.82) is 0 Å². The molecule has 0 fully saturated rings. The lowest BCUT2D eigenvalue weighted by atomic mass is 10.2. The minimum absolute atomic E-state index is 0.0561. The highest BCUT2D eigenvalue weighted by atomic mass is 16.5. The minimum Gasteiger partial charge on any atom is -0.503 e. The molecule has 0 saturated heterocycles. The molecule has 0 amide bonds. The number of carbonyl (C=O) groups excluding carboxylic acids is 2. The summed E-state index contributed by atoms with van der Waals surface area (Å²) in [6.07, 6.45) is 0. The van der Waals surface area contributed by atoms with Gasteiger partial charge in [0.15, 0.2) is 22.9 Å². The first-order valence-corrected chi connectivity index (χ1v) is 8.03. The topological polar surface area (TPSA) is 107 Å². The highest BCUT2D eigenvalue weighted by Crippen LogP contribution is 2.39. The van der Waals surface area contributed by atoms with Crippen LogP contribution >= 0.6 is 0 Å². The van der Waals surface area contributed by atoms with Gasteiger partial charge in [-0.2, -0.15) is 0 Å². The van der Waals surface area contributed by atoms with Crippen LogP contribution in [0.4, 0.5) is 0 Å². The van der Waals surface area contributed by atoms with E-state index in [0.29, 0.717) is 11.4 Å². The van der Waals surface area contributed by atoms with Crippen LogP contribution in [0.3, 0.4) is 0 Å². The van der Waals surface area contributed by atoms with E-state index in [-0.39, 0.29) is 24.6 Å². The summed E-state index contributed by atoms with van der Waals surface area (Å²) in [5, 5.41) is 20.5. The molecule has 8 heteroatoms. The third kappa shape index (κ3) is 3.30. The number of nitrogens with zero attached hydrogens (tertiary/aromatic N) is 1. The predicted molar refractivity (Wildman–Crippen MR) is 92.3 cm³/mol. The monoisotopic (exact) mass is 363 g/mol. The van der Waals surface area contributed by atoms with Crippen LogP contribution in [0, 0.1) is 6.92 Å². The van der Waals surface area contributed by atoms with E-state index in [1.165, 1.54) is 7.11 Å². The maximum absolute atomic E-state index is 12.3. The molecule has 2 N–H and O–H groups in total. The molecule has 0 unspecified atom stereocenters. The zero-order valence-corrected chi connectivity index (χ0v) is 15.0. The molecule has 2 rings (SSSR count). The maximum Gasteiger partial charge on any atom is 0.359 e. The van der Waals surface area contributed by atoms with Crippen molar-refractivity contribution in [2.24, 2.45) is 0 Å². The Balaban J connectivity index is 2.78. The van der Waals surface area contributed by atoms with Crippen molar-refractivity contribution in [2.45, 2.75) is 20.8 Å². The molecule has 8 nitrogen and oxygen atoms in total. The number of aromatic nitrogens is 1. The average molecular weight is 363 g/mol. The maximum atomic E-state index is 12.3. The quantitative estimate of drug-likeness (QED) is 0.760. The van der Waals surface area contributed by atoms with Gasteiger partial charge in [0.25, 0.3) is 0 Å². The summed E-state index contributed by atoms with van der Waals surface area (Å²) in [5.41, 5.74) is 0.348. The highest BCUT2D eigenvalue weighted by molar-refractivity contribution is 6.00. The van der Waals surface area contributed by atoms with Crippen molar-refractivity contribution in [3.05, 3.63) is 35.2 Å². The Morgan fingerprint density at radius 3 is 1.88 bits per heavy atom. The van der Waals surface area contributed by atoms with Gasteiger partial charge in [-0.3, -0.25) is 4.57 Å². The van der Waals surface area contributed by atoms with Gasteiger partial charge in [-0.25, -0.2) is 9.59 Å². The van der Waals surface area contributed by atoms with Gasteiger partial charge in [0.2, 0.25) is 0 Å². The number of hydrogen-bond acceptors (Lipinski definition) is 7. The Labute approximate surface area is 150 Å². The standard InChI is InChI=1S/C18H21NO7/c1-5-25-17(22)13-15(20)16(21)14(18(23)26-6-2)19(13)11-7-8-12(24-4)10(3)9-11/h7-9,20-21H,5-6H2,1-4H3. The minimum atomic E-state index is -0.885. The van der Waals surface area contributed by atoms with Gasteiger partial charge in [0.1, 0.15) is 5.75 Å². The molecule has 0 spiro atoms. The third-order valence-corrected chi connectivity index (χ3v) is 3.69. The summed E-state index contributed by atoms with van der Waals surface area (Å²) in [6.45, 7) is 5.10. The van der Waals surface area contributed by atoms with E-state index in [0.717, 1.165) is 10.1 Å². The van der Waals surface area contributed by atoms with Crippen LogP contribution in [0.25, 0.3) is 5.69 Å². The molecule has 0 saturated carbocycles. The number of aryl methyl sites for hydroxylation is 1. The molecular formula is C18H21NO7. The molecule has 0 bridgehead atoms. The smallest absolute Gasteiger partial charge is 0.359 e. The molecule has 0 aliphatic heterocycles. The summed E-state index contributed by atoms with van der Waals surface area (Å²) >= 11 is 0. The van der Waals surface area contributed by atoms with Gasteiger partial charge in [-0.15, -0.1) is 0 Å². The Morgan fingerprint density at radius 2 is 1.50 bits per heavy atom. The summed E-state index contributed by atoms with van der Waals surface area (Å²) < 4.78 is 16.2. The van der Waals surface area contributed by atoms with Crippen LogP contribution in [-0.4, -0.2) is 47.0 Å². The highest BCUT2D eigenvalue weighted by Gasteiger charge is 2.33. The summed E-state index contributed by atoms with van der Waals surface area (Å²) in [7, 11) is 1.52. The van der Waals surface area contributed by atoms with E-state index in [9.17, 15) is 19.8 Å². The normalized spacial score (nSPS) is 10.5. The Kier molecular flexibility index (Phi) is 5.76. The first-order chi connectivity index (χ1) is 12.4. The summed E-state index contributed by atoms with van der Waals surface area (Å²) in [4.78, 5) is 24.6. The molecule has 2 aromatic rings. The number of carbonyl (C=O) groups is 2. The van der Waals surface area contributed by atoms with Crippen molar-refractivity contribution in [1.82, 2.24) is 4.57 Å². The lowest BCUT2D eigenvalue weighted by molar-refractivity contribution is 0.0507. The predicted octanol–water partition coefficient (Wildman–Crippen LogP) is 2.56. The van der Waals surface area contributed by atoms with Gasteiger partial charge in [0, 0.05) is 5.69 Å². The number of ether oxygens (including phenoxy) is 3. The fraction of sp³-hybridized carbons (Fsp3) is 0.333. The van der Waals surface area contributed by atoms with Crippen LogP contribution in [0.2, 0.25) is 0 Å². The second-order valence-corrected chi connectivity index (χ2v) is 5.32. The Morgan fingerprint density at radius 1 is 1.00 bits per heavy atom. The van der Waals surface area contributed by atoms with Crippen LogP contribution in [-0.2, 0) is 9.47 Å². The lowest BCUT2D eigenvalue weighted by Crippen LogP contribution is -2.17. The van der Waals surface area contributed by atoms with E-state index >= 15 is 0 Å². The van der Waals surface area contributed by atoms with Crippen LogP contribution in [0.5, 0.6) is 17.2 Å². The Hall–Kier alpha value is -3.16. The number of benzene rings is 1. The molecule has 0 radical (unpaired) electrons. The Bertz CT molecular complexity index is 797. The number of esters is 2. The summed E-state index contributed by atoms with van der Waals surface area (Å²) in [5.74, 6) is -2.67. The van der Waals surface area contributed by atoms with Crippen molar-refractivity contribution in [3.63, 3.8) is 0 Å². The van der Waals surface area contributed by atoms with Gasteiger partial charge in [-0.05, 0) is 44.5 Å². The van der Waals surface area contributed by atoms with E-state index in [2.05, 4.69) is 0 Å². The van der Waals surface area contributed by atoms with Crippen molar-refractivity contribution >= 4 is 11.9 Å². The molecule has 0 aliphatic carbocycles. The molecular weight excluding hydrogens is 342 g/mol. The zero-order valence-electron chi connectivity index (χ0n) is 15.0. The SMILES string of the molecule is CCOC(=O)c1c(O)c(O)c(C(=O)OCC)n1-c1ccc(OC)c(C)c1. The zero-order chi connectivity index (χ0) is 19.4. The number of hydrogen-bond donors (Lipinski definition) is 2. The number of methoxy groups -OCH3 is 1. The molecule has 1 heterocycles. The first kappa shape index (κ1) is 19.2. The fourth-order valence-electron chi connectivity index (χ4n) is 2.58. The van der Waals surface area contributed by atoms with E-state index in [4.69, 9.17) is 14.2 Å². The van der Waals surface area contributed by atoms with Gasteiger partial charge in [0.05, 0.1) is 20.3 Å². The molecule has 26 heavy (non-hydrogen) atoms. The first-order valence-electron chi connectivity index (χ1n) is 8.03. The largest absolute Gasteiger partial charge is 0.503 e. The van der Waals surface area contributed by atoms with E-state index < -0.39 is 23.4 Å². The molecule has 1 aromatic carbocycles. The molecule has 0 atom stereocenters. The summed E-state index contributed by atoms with van der Waals surface area (Å²) in [6, 6.07) is 4.86. The van der Waals surface area contributed by atoms with Gasteiger partial charge < -0.3 is 24.4 Å². The molecule has 140 valence electrons. The second kappa shape index (κ2) is 7.81. The van der Waals surface area contributed by atoms with Crippen molar-refractivity contribution < 1.29 is 34.0 Å². The lowest BCUT2D eigenvalue weighted by Gasteiger charge is -2.14. The molecule has 1 aromatic heterocycles. The number of rotatable bonds is 6. The van der Waals surface area contributed by atoms with Crippen LogP contribution in [0.1, 0.15) is 40.4 Å². The molecule has 0 aliphatic rings. The van der Waals surface area contributed by atoms with Crippen LogP contribution < -0.4 is 4.74 Å². The van der Waals surface area contributed by atoms with E-state index in [1.807, 2.05) is 0 Å². The van der Waals surface area contributed by atoms with Gasteiger partial charge in [-0.1, -0.05) is 0 Å². The van der Waals surface area contributed by atoms with Gasteiger partial charge >= 0.3 is 11.9 Å². The third-order valence-electron chi connectivity index (χ3n) is 3.69. The van der Waals surface area contributed by atoms with E-state index in [1.54, 1.807) is 39.0 Å². The second-order valence-electron chi connectivity index (χ2n) is 5.32. The average Bonchev–Trinajstić information content (AvgIpc) is 2.87. The fourth-order valence-corrected chi connectivity index (χ4v) is 2.58. The number of aromatic hydroxyl groups is 2. The van der Waals surface area contributed by atoms with Crippen LogP contribution in [0.15, 0.2) is 18.2 Å². The van der Waals surface area contributed by atoms with Crippen molar-refractivity contribution in [3.8, 4) is 22.9 Å².